The van der Waals surface area contributed by atoms with E-state index < -0.39 is 0 Å². The predicted octanol–water partition coefficient (Wildman–Crippen LogP) is 3.82. The first-order valence-electron chi connectivity index (χ1n) is 10.1. The van der Waals surface area contributed by atoms with E-state index in [1.54, 1.807) is 13.3 Å². The number of aromatic nitrogens is 1. The first kappa shape index (κ1) is 19.9. The summed E-state index contributed by atoms with van der Waals surface area (Å²) < 4.78 is 4.97. The van der Waals surface area contributed by atoms with Gasteiger partial charge in [-0.2, -0.15) is 5.26 Å². The van der Waals surface area contributed by atoms with Gasteiger partial charge < -0.3 is 15.0 Å². The van der Waals surface area contributed by atoms with E-state index in [9.17, 15) is 10.1 Å². The molecule has 1 fully saturated rings. The molecule has 0 aliphatic carbocycles. The van der Waals surface area contributed by atoms with Gasteiger partial charge in [0.2, 0.25) is 5.91 Å². The zero-order chi connectivity index (χ0) is 20.9. The van der Waals surface area contributed by atoms with E-state index >= 15 is 0 Å². The molecule has 2 aromatic carbocycles. The third kappa shape index (κ3) is 4.27. The summed E-state index contributed by atoms with van der Waals surface area (Å²) in [6.45, 7) is 1.58. The minimum Gasteiger partial charge on any atom is -0.382 e. The summed E-state index contributed by atoms with van der Waals surface area (Å²) in [5.74, 6) is 0.0463. The summed E-state index contributed by atoms with van der Waals surface area (Å²) in [6.07, 6.45) is 5.43. The Morgan fingerprint density at radius 3 is 2.83 bits per heavy atom. The zero-order valence-electron chi connectivity index (χ0n) is 17.0. The highest BCUT2D eigenvalue weighted by Crippen LogP contribution is 2.32. The van der Waals surface area contributed by atoms with Crippen LogP contribution in [0.4, 0.5) is 5.69 Å². The summed E-state index contributed by atoms with van der Waals surface area (Å²) in [6, 6.07) is 16.4. The second-order valence-electron chi connectivity index (χ2n) is 7.55. The first-order valence-corrected chi connectivity index (χ1v) is 10.1. The van der Waals surface area contributed by atoms with Gasteiger partial charge in [-0.05, 0) is 59.7 Å². The quantitative estimate of drug-likeness (QED) is 0.704. The number of ether oxygens (including phenoxy) is 1. The van der Waals surface area contributed by atoms with E-state index in [2.05, 4.69) is 28.5 Å². The van der Waals surface area contributed by atoms with E-state index in [0.717, 1.165) is 53.5 Å². The van der Waals surface area contributed by atoms with Crippen LogP contribution in [-0.4, -0.2) is 48.6 Å². The van der Waals surface area contributed by atoms with Crippen molar-refractivity contribution < 1.29 is 9.53 Å². The number of fused-ring (bicyclic) bond motifs is 1. The molecule has 1 amide bonds. The number of piperidine rings is 1. The van der Waals surface area contributed by atoms with E-state index in [0.29, 0.717) is 5.56 Å². The topological polar surface area (TPSA) is 78.2 Å². The number of rotatable bonds is 5. The predicted molar refractivity (Wildman–Crippen MR) is 117 cm³/mol. The van der Waals surface area contributed by atoms with Crippen molar-refractivity contribution >= 4 is 22.4 Å². The molecule has 2 heterocycles. The molecule has 1 aliphatic rings. The minimum atomic E-state index is 0.0463. The number of nitrogens with zero attached hydrogens (tertiary/aromatic N) is 3. The largest absolute Gasteiger partial charge is 0.382 e. The molecule has 0 radical (unpaired) electrons. The molecule has 4 rings (SSSR count). The van der Waals surface area contributed by atoms with Crippen molar-refractivity contribution in [1.82, 2.24) is 9.88 Å². The second-order valence-corrected chi connectivity index (χ2v) is 7.55. The number of nitriles is 1. The molecule has 6 heteroatoms. The van der Waals surface area contributed by atoms with Gasteiger partial charge in [-0.3, -0.25) is 9.78 Å². The highest BCUT2D eigenvalue weighted by Gasteiger charge is 2.23. The lowest BCUT2D eigenvalue weighted by molar-refractivity contribution is -0.136. The lowest BCUT2D eigenvalue weighted by atomic mass is 9.98. The van der Waals surface area contributed by atoms with Gasteiger partial charge in [-0.25, -0.2) is 0 Å². The standard InChI is InChI=1S/C24H24N4O2/c1-30-16-24(29)28-9-6-21(7-10-28)27-23-13-20(12-19-5-8-26-15-22(19)23)18-4-2-3-17(11-18)14-25/h2-5,8,11-13,15,21,27H,6-7,9-10,16H2,1H3. The van der Waals surface area contributed by atoms with E-state index in [1.165, 1.54) is 0 Å². The van der Waals surface area contributed by atoms with Crippen molar-refractivity contribution in [2.75, 3.05) is 32.1 Å². The third-order valence-electron chi connectivity index (χ3n) is 5.56. The van der Waals surface area contributed by atoms with Gasteiger partial charge in [0.1, 0.15) is 6.61 Å². The Kier molecular flexibility index (Phi) is 5.92. The number of anilines is 1. The van der Waals surface area contributed by atoms with Crippen LogP contribution in [0.3, 0.4) is 0 Å². The SMILES string of the molecule is COCC(=O)N1CCC(Nc2cc(-c3cccc(C#N)c3)cc3ccncc23)CC1. The molecule has 152 valence electrons. The van der Waals surface area contributed by atoms with Crippen LogP contribution in [0.1, 0.15) is 18.4 Å². The molecule has 1 aliphatic heterocycles. The molecule has 0 unspecified atom stereocenters. The van der Waals surface area contributed by atoms with Gasteiger partial charge in [0.25, 0.3) is 0 Å². The molecule has 1 aromatic heterocycles. The molecule has 6 nitrogen and oxygen atoms in total. The van der Waals surface area contributed by atoms with Gasteiger partial charge >= 0.3 is 0 Å². The number of amides is 1. The Balaban J connectivity index is 1.59. The Hall–Kier alpha value is -3.43. The maximum absolute atomic E-state index is 12.0. The van der Waals surface area contributed by atoms with Crippen molar-refractivity contribution in [3.05, 3.63) is 60.4 Å². The Bertz CT molecular complexity index is 1100. The third-order valence-corrected chi connectivity index (χ3v) is 5.56. The van der Waals surface area contributed by atoms with Gasteiger partial charge in [0.05, 0.1) is 11.6 Å². The Morgan fingerprint density at radius 1 is 1.23 bits per heavy atom. The van der Waals surface area contributed by atoms with Crippen LogP contribution in [0.25, 0.3) is 21.9 Å². The van der Waals surface area contributed by atoms with E-state index in [1.807, 2.05) is 41.4 Å². The van der Waals surface area contributed by atoms with Crippen molar-refractivity contribution in [2.45, 2.75) is 18.9 Å². The minimum absolute atomic E-state index is 0.0463. The number of benzene rings is 2. The van der Waals surface area contributed by atoms with Crippen molar-refractivity contribution in [3.63, 3.8) is 0 Å². The number of pyridine rings is 1. The summed E-state index contributed by atoms with van der Waals surface area (Å²) >= 11 is 0. The Morgan fingerprint density at radius 2 is 2.07 bits per heavy atom. The summed E-state index contributed by atoms with van der Waals surface area (Å²) in [5, 5.41) is 15.1. The maximum atomic E-state index is 12.0. The molecular weight excluding hydrogens is 376 g/mol. The highest BCUT2D eigenvalue weighted by molar-refractivity contribution is 5.97. The lowest BCUT2D eigenvalue weighted by Gasteiger charge is -2.33. The number of nitrogens with one attached hydrogen (secondary N) is 1. The number of hydrogen-bond acceptors (Lipinski definition) is 5. The summed E-state index contributed by atoms with van der Waals surface area (Å²) in [5.41, 5.74) is 3.74. The molecule has 3 aromatic rings. The highest BCUT2D eigenvalue weighted by atomic mass is 16.5. The van der Waals surface area contributed by atoms with Crippen molar-refractivity contribution in [1.29, 1.82) is 5.26 Å². The van der Waals surface area contributed by atoms with Crippen LogP contribution in [-0.2, 0) is 9.53 Å². The number of carbonyl (C=O) groups excluding carboxylic acids is 1. The number of likely N-dealkylation sites (tertiary alicyclic amines) is 1. The molecule has 1 N–H and O–H groups in total. The number of carbonyl (C=O) groups is 1. The molecule has 0 bridgehead atoms. The molecule has 1 saturated heterocycles. The Labute approximate surface area is 176 Å². The van der Waals surface area contributed by atoms with Gasteiger partial charge in [-0.1, -0.05) is 12.1 Å². The van der Waals surface area contributed by atoms with Gasteiger partial charge in [0.15, 0.2) is 0 Å². The zero-order valence-corrected chi connectivity index (χ0v) is 17.0. The van der Waals surface area contributed by atoms with Crippen LogP contribution in [0.2, 0.25) is 0 Å². The average Bonchev–Trinajstić information content (AvgIpc) is 2.79. The van der Waals surface area contributed by atoms with Crippen molar-refractivity contribution in [2.24, 2.45) is 0 Å². The number of hydrogen-bond donors (Lipinski definition) is 1. The molecule has 0 atom stereocenters. The van der Waals surface area contributed by atoms with Gasteiger partial charge in [0, 0.05) is 49.7 Å². The molecule has 30 heavy (non-hydrogen) atoms. The first-order chi connectivity index (χ1) is 14.7. The van der Waals surface area contributed by atoms with E-state index in [-0.39, 0.29) is 18.6 Å². The number of methoxy groups -OCH3 is 1. The molecule has 0 spiro atoms. The van der Waals surface area contributed by atoms with Crippen LogP contribution >= 0.6 is 0 Å². The monoisotopic (exact) mass is 400 g/mol. The smallest absolute Gasteiger partial charge is 0.248 e. The van der Waals surface area contributed by atoms with E-state index in [4.69, 9.17) is 4.74 Å². The second kappa shape index (κ2) is 8.93. The maximum Gasteiger partial charge on any atom is 0.248 e. The fraction of sp³-hybridized carbons (Fsp3) is 0.292. The fourth-order valence-corrected chi connectivity index (χ4v) is 3.96. The van der Waals surface area contributed by atoms with Crippen molar-refractivity contribution in [3.8, 4) is 17.2 Å². The lowest BCUT2D eigenvalue weighted by Crippen LogP contribution is -2.43. The van der Waals surface area contributed by atoms with Crippen LogP contribution < -0.4 is 5.32 Å². The average molecular weight is 400 g/mol. The molecule has 0 saturated carbocycles. The van der Waals surface area contributed by atoms with Crippen LogP contribution in [0.15, 0.2) is 54.9 Å². The summed E-state index contributed by atoms with van der Waals surface area (Å²) in [7, 11) is 1.55. The van der Waals surface area contributed by atoms with Crippen LogP contribution in [0, 0.1) is 11.3 Å². The normalized spacial score (nSPS) is 14.5. The van der Waals surface area contributed by atoms with Gasteiger partial charge in [-0.15, -0.1) is 0 Å². The summed E-state index contributed by atoms with van der Waals surface area (Å²) in [4.78, 5) is 18.2. The molecular formula is C24H24N4O2. The fourth-order valence-electron chi connectivity index (χ4n) is 3.96. The van der Waals surface area contributed by atoms with Crippen LogP contribution in [0.5, 0.6) is 0 Å².